The molecule has 41 heavy (non-hydrogen) atoms. The molecule has 2 aromatic heterocycles. The van der Waals surface area contributed by atoms with Crippen molar-refractivity contribution in [3.63, 3.8) is 0 Å². The third-order valence-corrected chi connectivity index (χ3v) is 7.64. The summed E-state index contributed by atoms with van der Waals surface area (Å²) >= 11 is 3.58. The Labute approximate surface area is 241 Å². The highest BCUT2D eigenvalue weighted by molar-refractivity contribution is 9.10. The molecule has 0 N–H and O–H groups in total. The standard InChI is InChI=1S/C30H27BrF6N4/c1-19(2)21-12-13-23(22(31)16-21)40-24-10-6-7-11-25(24)41-26(27(30(35,36)37)38-28(40)41)17-39(18-29(32,33)34)15-14-20-8-4-3-5-9-20/h3-13,16,19H,14-15,17-18H2,1-2H3. The van der Waals surface area contributed by atoms with Crippen LogP contribution in [0.1, 0.15) is 42.3 Å². The lowest BCUT2D eigenvalue weighted by Gasteiger charge is -2.24. The van der Waals surface area contributed by atoms with Gasteiger partial charge in [0.15, 0.2) is 5.69 Å². The van der Waals surface area contributed by atoms with Gasteiger partial charge < -0.3 is 0 Å². The maximum atomic E-state index is 14.4. The van der Waals surface area contributed by atoms with Crippen molar-refractivity contribution in [3.8, 4) is 5.69 Å². The summed E-state index contributed by atoms with van der Waals surface area (Å²) in [6, 6.07) is 21.4. The first kappa shape index (κ1) is 29.2. The topological polar surface area (TPSA) is 25.5 Å². The predicted octanol–water partition coefficient (Wildman–Crippen LogP) is 8.79. The van der Waals surface area contributed by atoms with Crippen molar-refractivity contribution in [2.24, 2.45) is 0 Å². The Hall–Kier alpha value is -3.31. The normalized spacial score (nSPS) is 12.9. The van der Waals surface area contributed by atoms with Crippen LogP contribution in [0.5, 0.6) is 0 Å². The molecule has 0 saturated heterocycles. The first-order chi connectivity index (χ1) is 19.3. The van der Waals surface area contributed by atoms with Crippen molar-refractivity contribution in [3.05, 3.63) is 99.8 Å². The fraction of sp³-hybridized carbons (Fsp3) is 0.300. The molecular formula is C30H27BrF6N4. The van der Waals surface area contributed by atoms with Gasteiger partial charge in [-0.05, 0) is 63.7 Å². The molecular weight excluding hydrogens is 610 g/mol. The number of nitrogens with zero attached hydrogens (tertiary/aromatic N) is 4. The van der Waals surface area contributed by atoms with Gasteiger partial charge in [-0.3, -0.25) is 13.9 Å². The fourth-order valence-corrected chi connectivity index (χ4v) is 5.65. The molecule has 0 saturated carbocycles. The smallest absolute Gasteiger partial charge is 0.289 e. The lowest BCUT2D eigenvalue weighted by atomic mass is 10.0. The summed E-state index contributed by atoms with van der Waals surface area (Å²) in [5.74, 6) is 0.202. The lowest BCUT2D eigenvalue weighted by Crippen LogP contribution is -2.36. The number of rotatable bonds is 8. The van der Waals surface area contributed by atoms with Gasteiger partial charge in [-0.1, -0.05) is 62.4 Å². The zero-order chi connectivity index (χ0) is 29.5. The second-order valence-electron chi connectivity index (χ2n) is 10.3. The van der Waals surface area contributed by atoms with Gasteiger partial charge in [0.1, 0.15) is 0 Å². The van der Waals surface area contributed by atoms with Crippen LogP contribution in [-0.4, -0.2) is 38.1 Å². The van der Waals surface area contributed by atoms with E-state index in [1.165, 1.54) is 4.40 Å². The molecule has 0 fully saturated rings. The molecule has 11 heteroatoms. The van der Waals surface area contributed by atoms with E-state index in [1.54, 1.807) is 59.2 Å². The van der Waals surface area contributed by atoms with Crippen LogP contribution in [0.25, 0.3) is 22.5 Å². The molecule has 4 nitrogen and oxygen atoms in total. The van der Waals surface area contributed by atoms with Gasteiger partial charge in [0, 0.05) is 17.6 Å². The van der Waals surface area contributed by atoms with E-state index in [9.17, 15) is 26.3 Å². The van der Waals surface area contributed by atoms with Gasteiger partial charge in [-0.25, -0.2) is 4.98 Å². The highest BCUT2D eigenvalue weighted by Crippen LogP contribution is 2.38. The van der Waals surface area contributed by atoms with Crippen LogP contribution in [0.2, 0.25) is 0 Å². The van der Waals surface area contributed by atoms with Gasteiger partial charge in [0.05, 0.1) is 29.0 Å². The maximum Gasteiger partial charge on any atom is 0.435 e. The summed E-state index contributed by atoms with van der Waals surface area (Å²) < 4.78 is 87.8. The van der Waals surface area contributed by atoms with E-state index in [1.807, 2.05) is 32.0 Å². The SMILES string of the molecule is CC(C)c1ccc(-n2c3ccccc3n3c(CN(CCc4ccccc4)CC(F)(F)F)c(C(F)(F)F)nc23)c(Br)c1. The minimum atomic E-state index is -4.88. The Morgan fingerprint density at radius 1 is 0.878 bits per heavy atom. The quantitative estimate of drug-likeness (QED) is 0.159. The Morgan fingerprint density at radius 2 is 1.54 bits per heavy atom. The minimum Gasteiger partial charge on any atom is -0.289 e. The second-order valence-corrected chi connectivity index (χ2v) is 11.1. The number of fused-ring (bicyclic) bond motifs is 3. The monoisotopic (exact) mass is 636 g/mol. The van der Waals surface area contributed by atoms with Crippen molar-refractivity contribution >= 4 is 32.7 Å². The van der Waals surface area contributed by atoms with Crippen LogP contribution in [0.4, 0.5) is 26.3 Å². The van der Waals surface area contributed by atoms with E-state index in [0.717, 1.165) is 16.0 Å². The number of alkyl halides is 6. The molecule has 0 atom stereocenters. The second kappa shape index (κ2) is 11.2. The number of hydrogen-bond acceptors (Lipinski definition) is 2. The summed E-state index contributed by atoms with van der Waals surface area (Å²) in [6.45, 7) is 2.03. The number of halogens is 7. The number of aromatic nitrogens is 3. The van der Waals surface area contributed by atoms with Crippen LogP contribution < -0.4 is 0 Å². The van der Waals surface area contributed by atoms with E-state index in [0.29, 0.717) is 21.2 Å². The molecule has 2 heterocycles. The Bertz CT molecular complexity index is 1670. The minimum absolute atomic E-state index is 0.0264. The molecule has 0 radical (unpaired) electrons. The predicted molar refractivity (Wildman–Crippen MR) is 150 cm³/mol. The van der Waals surface area contributed by atoms with Crippen molar-refractivity contribution in [2.45, 2.75) is 45.1 Å². The third-order valence-electron chi connectivity index (χ3n) is 7.00. The van der Waals surface area contributed by atoms with Crippen LogP contribution in [0.3, 0.4) is 0 Å². The Kier molecular flexibility index (Phi) is 7.95. The van der Waals surface area contributed by atoms with Crippen molar-refractivity contribution < 1.29 is 26.3 Å². The maximum absolute atomic E-state index is 14.4. The highest BCUT2D eigenvalue weighted by atomic mass is 79.9. The lowest BCUT2D eigenvalue weighted by molar-refractivity contribution is -0.148. The molecule has 5 rings (SSSR count). The zero-order valence-corrected chi connectivity index (χ0v) is 23.9. The molecule has 0 amide bonds. The average Bonchev–Trinajstić information content (AvgIpc) is 3.42. The Morgan fingerprint density at radius 3 is 2.15 bits per heavy atom. The average molecular weight is 637 g/mol. The van der Waals surface area contributed by atoms with Gasteiger partial charge in [0.2, 0.25) is 5.78 Å². The van der Waals surface area contributed by atoms with Crippen LogP contribution in [0, 0.1) is 0 Å². The largest absolute Gasteiger partial charge is 0.435 e. The summed E-state index contributed by atoms with van der Waals surface area (Å²) in [5.41, 5.74) is 1.85. The summed E-state index contributed by atoms with van der Waals surface area (Å²) in [6.07, 6.45) is -9.23. The molecule has 0 aliphatic heterocycles. The Balaban J connectivity index is 1.69. The van der Waals surface area contributed by atoms with Crippen molar-refractivity contribution in [1.82, 2.24) is 18.9 Å². The fourth-order valence-electron chi connectivity index (χ4n) is 5.08. The van der Waals surface area contributed by atoms with E-state index in [2.05, 4.69) is 20.9 Å². The van der Waals surface area contributed by atoms with Crippen molar-refractivity contribution in [1.29, 1.82) is 0 Å². The molecule has 5 aromatic rings. The molecule has 0 bridgehead atoms. The van der Waals surface area contributed by atoms with Crippen LogP contribution in [0.15, 0.2) is 77.3 Å². The highest BCUT2D eigenvalue weighted by Gasteiger charge is 2.41. The van der Waals surface area contributed by atoms with Gasteiger partial charge in [-0.15, -0.1) is 0 Å². The molecule has 0 aliphatic carbocycles. The molecule has 0 aliphatic rings. The molecule has 0 spiro atoms. The zero-order valence-electron chi connectivity index (χ0n) is 22.3. The van der Waals surface area contributed by atoms with Gasteiger partial charge >= 0.3 is 12.4 Å². The summed E-state index contributed by atoms with van der Waals surface area (Å²) in [7, 11) is 0. The number of para-hydroxylation sites is 2. The van der Waals surface area contributed by atoms with E-state index >= 15 is 0 Å². The molecule has 0 unspecified atom stereocenters. The number of imidazole rings is 2. The summed E-state index contributed by atoms with van der Waals surface area (Å²) in [5, 5.41) is 0. The van der Waals surface area contributed by atoms with E-state index in [-0.39, 0.29) is 30.4 Å². The first-order valence-corrected chi connectivity index (χ1v) is 13.8. The van der Waals surface area contributed by atoms with Gasteiger partial charge in [0.25, 0.3) is 0 Å². The molecule has 216 valence electrons. The van der Waals surface area contributed by atoms with Crippen LogP contribution >= 0.6 is 15.9 Å². The molecule has 3 aromatic carbocycles. The summed E-state index contributed by atoms with van der Waals surface area (Å²) in [4.78, 5) is 5.04. The van der Waals surface area contributed by atoms with E-state index in [4.69, 9.17) is 0 Å². The van der Waals surface area contributed by atoms with Gasteiger partial charge in [-0.2, -0.15) is 26.3 Å². The van der Waals surface area contributed by atoms with Crippen LogP contribution in [-0.2, 0) is 19.1 Å². The van der Waals surface area contributed by atoms with Crippen molar-refractivity contribution in [2.75, 3.05) is 13.1 Å². The number of benzene rings is 3. The number of hydrogen-bond donors (Lipinski definition) is 0. The van der Waals surface area contributed by atoms with E-state index < -0.39 is 31.1 Å². The third kappa shape index (κ3) is 6.16. The first-order valence-electron chi connectivity index (χ1n) is 13.0.